The molecule has 2 heteroatoms. The molecule has 0 aromatic heterocycles. The third-order valence-electron chi connectivity index (χ3n) is 1.79. The molecule has 0 unspecified atom stereocenters. The van der Waals surface area contributed by atoms with Crippen LogP contribution in [0.25, 0.3) is 0 Å². The molecule has 0 bridgehead atoms. The quantitative estimate of drug-likeness (QED) is 0.721. The Morgan fingerprint density at radius 3 is 2.75 bits per heavy atom. The van der Waals surface area contributed by atoms with Crippen LogP contribution in [-0.4, -0.2) is 11.7 Å². The van der Waals surface area contributed by atoms with Gasteiger partial charge in [0.1, 0.15) is 5.75 Å². The van der Waals surface area contributed by atoms with E-state index in [0.717, 1.165) is 24.2 Å². The smallest absolute Gasteiger partial charge is 0.120 e. The maximum atomic E-state index is 9.36. The number of benzene rings is 1. The highest BCUT2D eigenvalue weighted by Gasteiger charge is 1.96. The van der Waals surface area contributed by atoms with Gasteiger partial charge in [-0.3, -0.25) is 0 Å². The summed E-state index contributed by atoms with van der Waals surface area (Å²) in [5.74, 6) is 0.358. The molecule has 0 atom stereocenters. The molecule has 0 fully saturated rings. The Bertz CT molecular complexity index is 258. The molecule has 0 aliphatic rings. The fourth-order valence-corrected chi connectivity index (χ4v) is 0.989. The van der Waals surface area contributed by atoms with Crippen molar-refractivity contribution in [3.8, 4) is 5.75 Å². The summed E-state index contributed by atoms with van der Waals surface area (Å²) < 4.78 is 0. The van der Waals surface area contributed by atoms with Crippen molar-refractivity contribution in [1.29, 1.82) is 0 Å². The topological polar surface area (TPSA) is 32.3 Å². The van der Waals surface area contributed by atoms with Crippen molar-refractivity contribution in [2.75, 3.05) is 11.9 Å². The number of hydrogen-bond donors (Lipinski definition) is 2. The molecular weight excluding hydrogens is 150 g/mol. The van der Waals surface area contributed by atoms with Gasteiger partial charge in [-0.15, -0.1) is 0 Å². The number of hydrogen-bond acceptors (Lipinski definition) is 2. The minimum Gasteiger partial charge on any atom is -0.508 e. The van der Waals surface area contributed by atoms with E-state index in [1.165, 1.54) is 0 Å². The van der Waals surface area contributed by atoms with Gasteiger partial charge >= 0.3 is 0 Å². The van der Waals surface area contributed by atoms with Gasteiger partial charge in [-0.1, -0.05) is 13.0 Å². The van der Waals surface area contributed by atoms with Gasteiger partial charge in [-0.25, -0.2) is 0 Å². The predicted octanol–water partition coefficient (Wildman–Crippen LogP) is 2.52. The number of aromatic hydroxyl groups is 1. The summed E-state index contributed by atoms with van der Waals surface area (Å²) in [4.78, 5) is 0. The minimum atomic E-state index is 0.358. The van der Waals surface area contributed by atoms with Crippen LogP contribution in [-0.2, 0) is 0 Å². The van der Waals surface area contributed by atoms with Crippen LogP contribution >= 0.6 is 0 Å². The zero-order chi connectivity index (χ0) is 8.97. The van der Waals surface area contributed by atoms with E-state index in [1.54, 1.807) is 6.07 Å². The van der Waals surface area contributed by atoms with Crippen LogP contribution in [0.1, 0.15) is 18.9 Å². The molecule has 0 saturated carbocycles. The molecule has 1 aromatic carbocycles. The lowest BCUT2D eigenvalue weighted by Crippen LogP contribution is -1.98. The van der Waals surface area contributed by atoms with Gasteiger partial charge in [0.05, 0.1) is 0 Å². The van der Waals surface area contributed by atoms with Gasteiger partial charge in [-0.05, 0) is 25.0 Å². The van der Waals surface area contributed by atoms with Crippen molar-refractivity contribution in [2.24, 2.45) is 0 Å². The normalized spacial score (nSPS) is 9.83. The van der Waals surface area contributed by atoms with E-state index in [0.29, 0.717) is 5.75 Å². The molecule has 2 N–H and O–H groups in total. The molecule has 0 spiro atoms. The Labute approximate surface area is 73.2 Å². The second-order valence-corrected chi connectivity index (χ2v) is 2.93. The number of phenolic OH excluding ortho intramolecular Hbond substituents is 1. The van der Waals surface area contributed by atoms with Crippen LogP contribution in [0, 0.1) is 6.92 Å². The number of phenols is 1. The highest BCUT2D eigenvalue weighted by atomic mass is 16.3. The van der Waals surface area contributed by atoms with Gasteiger partial charge < -0.3 is 10.4 Å². The van der Waals surface area contributed by atoms with Gasteiger partial charge in [-0.2, -0.15) is 0 Å². The number of rotatable bonds is 3. The van der Waals surface area contributed by atoms with Crippen LogP contribution in [0.5, 0.6) is 5.75 Å². The Kier molecular flexibility index (Phi) is 2.97. The number of aryl methyl sites for hydroxylation is 1. The molecular formula is C10H15NO. The third-order valence-corrected chi connectivity index (χ3v) is 1.79. The molecule has 2 nitrogen and oxygen atoms in total. The van der Waals surface area contributed by atoms with Gasteiger partial charge in [0.15, 0.2) is 0 Å². The summed E-state index contributed by atoms with van der Waals surface area (Å²) in [5, 5.41) is 12.6. The second kappa shape index (κ2) is 4.00. The molecule has 0 amide bonds. The molecule has 66 valence electrons. The first-order valence-electron chi connectivity index (χ1n) is 4.27. The molecule has 0 saturated heterocycles. The lowest BCUT2D eigenvalue weighted by atomic mass is 10.2. The van der Waals surface area contributed by atoms with Crippen molar-refractivity contribution < 1.29 is 5.11 Å². The maximum Gasteiger partial charge on any atom is 0.120 e. The zero-order valence-corrected chi connectivity index (χ0v) is 7.59. The van der Waals surface area contributed by atoms with E-state index in [9.17, 15) is 5.11 Å². The van der Waals surface area contributed by atoms with Crippen molar-refractivity contribution in [3.05, 3.63) is 23.8 Å². The van der Waals surface area contributed by atoms with E-state index in [-0.39, 0.29) is 0 Å². The fourth-order valence-electron chi connectivity index (χ4n) is 0.989. The van der Waals surface area contributed by atoms with Gasteiger partial charge in [0, 0.05) is 18.3 Å². The first kappa shape index (κ1) is 8.91. The molecule has 0 aliphatic heterocycles. The van der Waals surface area contributed by atoms with Gasteiger partial charge in [0.25, 0.3) is 0 Å². The fraction of sp³-hybridized carbons (Fsp3) is 0.400. The molecule has 12 heavy (non-hydrogen) atoms. The van der Waals surface area contributed by atoms with Crippen LogP contribution < -0.4 is 5.32 Å². The minimum absolute atomic E-state index is 0.358. The average molecular weight is 165 g/mol. The van der Waals surface area contributed by atoms with E-state index in [2.05, 4.69) is 12.2 Å². The van der Waals surface area contributed by atoms with Crippen molar-refractivity contribution in [3.63, 3.8) is 0 Å². The third kappa shape index (κ3) is 2.16. The van der Waals surface area contributed by atoms with Crippen LogP contribution in [0.2, 0.25) is 0 Å². The Morgan fingerprint density at radius 1 is 1.42 bits per heavy atom. The highest BCUT2D eigenvalue weighted by Crippen LogP contribution is 2.20. The summed E-state index contributed by atoms with van der Waals surface area (Å²) in [5.41, 5.74) is 1.90. The van der Waals surface area contributed by atoms with Crippen LogP contribution in [0.15, 0.2) is 18.2 Å². The molecule has 1 rings (SSSR count). The summed E-state index contributed by atoms with van der Waals surface area (Å²) >= 11 is 0. The Hall–Kier alpha value is -1.18. The van der Waals surface area contributed by atoms with Gasteiger partial charge in [0.2, 0.25) is 0 Å². The average Bonchev–Trinajstić information content (AvgIpc) is 2.07. The van der Waals surface area contributed by atoms with Crippen molar-refractivity contribution in [1.82, 2.24) is 0 Å². The predicted molar refractivity (Wildman–Crippen MR) is 51.6 cm³/mol. The largest absolute Gasteiger partial charge is 0.508 e. The van der Waals surface area contributed by atoms with Crippen LogP contribution in [0.4, 0.5) is 5.69 Å². The van der Waals surface area contributed by atoms with E-state index in [4.69, 9.17) is 0 Å². The van der Waals surface area contributed by atoms with Crippen molar-refractivity contribution in [2.45, 2.75) is 20.3 Å². The summed E-state index contributed by atoms with van der Waals surface area (Å²) in [6, 6.07) is 5.64. The Balaban J connectivity index is 2.69. The van der Waals surface area contributed by atoms with Crippen molar-refractivity contribution >= 4 is 5.69 Å². The molecule has 0 heterocycles. The monoisotopic (exact) mass is 165 g/mol. The lowest BCUT2D eigenvalue weighted by molar-refractivity contribution is 0.471. The molecule has 0 radical (unpaired) electrons. The SMILES string of the molecule is CCCNc1ccc(C)c(O)c1. The Morgan fingerprint density at radius 2 is 2.17 bits per heavy atom. The molecule has 1 aromatic rings. The van der Waals surface area contributed by atoms with Crippen LogP contribution in [0.3, 0.4) is 0 Å². The second-order valence-electron chi connectivity index (χ2n) is 2.93. The number of anilines is 1. The van der Waals surface area contributed by atoms with E-state index >= 15 is 0 Å². The summed E-state index contributed by atoms with van der Waals surface area (Å²) in [6.45, 7) is 4.95. The molecule has 0 aliphatic carbocycles. The number of nitrogens with one attached hydrogen (secondary N) is 1. The first-order valence-corrected chi connectivity index (χ1v) is 4.27. The summed E-state index contributed by atoms with van der Waals surface area (Å²) in [7, 11) is 0. The summed E-state index contributed by atoms with van der Waals surface area (Å²) in [6.07, 6.45) is 1.09. The lowest BCUT2D eigenvalue weighted by Gasteiger charge is -2.05. The maximum absolute atomic E-state index is 9.36. The first-order chi connectivity index (χ1) is 5.74. The zero-order valence-electron chi connectivity index (χ0n) is 7.59. The van der Waals surface area contributed by atoms with E-state index < -0.39 is 0 Å². The highest BCUT2D eigenvalue weighted by molar-refractivity contribution is 5.50. The standard InChI is InChI=1S/C10H15NO/c1-3-6-11-9-5-4-8(2)10(12)7-9/h4-5,7,11-12H,3,6H2,1-2H3. The van der Waals surface area contributed by atoms with E-state index in [1.807, 2.05) is 19.1 Å².